The Labute approximate surface area is 192 Å². The molecule has 4 aromatic rings. The smallest absolute Gasteiger partial charge is 0.336 e. The summed E-state index contributed by atoms with van der Waals surface area (Å²) in [6.45, 7) is 2.11. The predicted molar refractivity (Wildman–Crippen MR) is 125 cm³/mol. The van der Waals surface area contributed by atoms with Crippen LogP contribution in [0.3, 0.4) is 0 Å². The normalized spacial score (nSPS) is 11.0. The first-order valence-corrected chi connectivity index (χ1v) is 10.9. The van der Waals surface area contributed by atoms with Crippen molar-refractivity contribution in [3.63, 3.8) is 0 Å². The molecule has 2 aromatic carbocycles. The van der Waals surface area contributed by atoms with Crippen LogP contribution in [0.4, 0.5) is 5.69 Å². The highest BCUT2D eigenvalue weighted by Gasteiger charge is 2.22. The molecule has 158 valence electrons. The molecule has 0 atom stereocenters. The number of thiophene rings is 1. The number of hydrogen-bond acceptors (Lipinski definition) is 6. The molecule has 0 saturated carbocycles. The lowest BCUT2D eigenvalue weighted by Gasteiger charge is -2.16. The van der Waals surface area contributed by atoms with Gasteiger partial charge in [0.25, 0.3) is 0 Å². The number of hydrogen-bond donors (Lipinski definition) is 2. The largest absolute Gasteiger partial charge is 0.495 e. The van der Waals surface area contributed by atoms with Crippen molar-refractivity contribution in [3.8, 4) is 17.1 Å². The van der Waals surface area contributed by atoms with Crippen LogP contribution in [0.25, 0.3) is 21.6 Å². The number of aromatic carboxylic acids is 1. The van der Waals surface area contributed by atoms with Gasteiger partial charge in [0.2, 0.25) is 0 Å². The Morgan fingerprint density at radius 1 is 1.26 bits per heavy atom. The van der Waals surface area contributed by atoms with Crippen LogP contribution in [0.1, 0.15) is 21.5 Å². The quantitative estimate of drug-likeness (QED) is 0.342. The van der Waals surface area contributed by atoms with E-state index in [-0.39, 0.29) is 5.56 Å². The van der Waals surface area contributed by atoms with Crippen LogP contribution in [0, 0.1) is 6.92 Å². The van der Waals surface area contributed by atoms with Gasteiger partial charge in [-0.05, 0) is 47.7 Å². The number of anilines is 1. The molecule has 0 radical (unpaired) electrons. The minimum Gasteiger partial charge on any atom is -0.495 e. The molecule has 0 saturated heterocycles. The van der Waals surface area contributed by atoms with E-state index in [0.29, 0.717) is 45.0 Å². The van der Waals surface area contributed by atoms with E-state index in [4.69, 9.17) is 27.9 Å². The highest BCUT2D eigenvalue weighted by atomic mass is 35.5. The van der Waals surface area contributed by atoms with Crippen LogP contribution >= 0.6 is 34.5 Å². The van der Waals surface area contributed by atoms with Crippen LogP contribution < -0.4 is 10.1 Å². The molecule has 0 aliphatic rings. The number of ether oxygens (including phenoxy) is 1. The topological polar surface area (TPSA) is 84.3 Å². The Morgan fingerprint density at radius 3 is 2.77 bits per heavy atom. The van der Waals surface area contributed by atoms with Gasteiger partial charge in [-0.25, -0.2) is 14.8 Å². The minimum absolute atomic E-state index is 0.0824. The Kier molecular flexibility index (Phi) is 6.00. The molecule has 2 aromatic heterocycles. The standard InChI is InChI=1S/C22H17Cl2N3O3S/c1-11-18(22(28)29)14(20-26-10-13-5-6-31-21(13)27-20)8-16(19(11)24)25-9-12-3-4-17(30-2)15(23)7-12/h3-8,10,25H,9H2,1-2H3,(H,28,29). The average Bonchev–Trinajstić information content (AvgIpc) is 3.22. The van der Waals surface area contributed by atoms with Crippen molar-refractivity contribution in [1.82, 2.24) is 9.97 Å². The zero-order chi connectivity index (χ0) is 22.1. The van der Waals surface area contributed by atoms with Gasteiger partial charge in [-0.15, -0.1) is 11.3 Å². The lowest BCUT2D eigenvalue weighted by molar-refractivity contribution is 0.0697. The number of nitrogens with one attached hydrogen (secondary N) is 1. The molecule has 31 heavy (non-hydrogen) atoms. The molecule has 6 nitrogen and oxygen atoms in total. The third kappa shape index (κ3) is 4.17. The monoisotopic (exact) mass is 473 g/mol. The lowest BCUT2D eigenvalue weighted by Crippen LogP contribution is -2.08. The first-order chi connectivity index (χ1) is 14.9. The van der Waals surface area contributed by atoms with Crippen molar-refractivity contribution < 1.29 is 14.6 Å². The van der Waals surface area contributed by atoms with Gasteiger partial charge >= 0.3 is 5.97 Å². The lowest BCUT2D eigenvalue weighted by atomic mass is 9.99. The highest BCUT2D eigenvalue weighted by Crippen LogP contribution is 2.36. The summed E-state index contributed by atoms with van der Waals surface area (Å²) in [7, 11) is 1.56. The molecule has 0 unspecified atom stereocenters. The Balaban J connectivity index is 1.74. The van der Waals surface area contributed by atoms with Crippen molar-refractivity contribution in [1.29, 1.82) is 0 Å². The second kappa shape index (κ2) is 8.70. The molecule has 0 amide bonds. The molecule has 4 rings (SSSR count). The number of benzene rings is 2. The van der Waals surface area contributed by atoms with Crippen molar-refractivity contribution in [3.05, 3.63) is 68.6 Å². The number of fused-ring (bicyclic) bond motifs is 1. The Hall–Kier alpha value is -2.87. The summed E-state index contributed by atoms with van der Waals surface area (Å²) in [5.41, 5.74) is 2.43. The number of nitrogens with zero attached hydrogens (tertiary/aromatic N) is 2. The highest BCUT2D eigenvalue weighted by molar-refractivity contribution is 7.16. The predicted octanol–water partition coefficient (Wildman–Crippen LogP) is 6.29. The Bertz CT molecular complexity index is 1310. The fraction of sp³-hybridized carbons (Fsp3) is 0.136. The first kappa shape index (κ1) is 21.4. The van der Waals surface area contributed by atoms with Gasteiger partial charge in [0.05, 0.1) is 28.4 Å². The zero-order valence-electron chi connectivity index (χ0n) is 16.6. The summed E-state index contributed by atoms with van der Waals surface area (Å²) in [5.74, 6) is -0.158. The maximum atomic E-state index is 12.0. The summed E-state index contributed by atoms with van der Waals surface area (Å²) in [5, 5.41) is 16.8. The fourth-order valence-corrected chi connectivity index (χ4v) is 4.51. The van der Waals surface area contributed by atoms with Gasteiger partial charge in [0, 0.05) is 23.7 Å². The number of carboxylic acid groups (broad SMARTS) is 1. The van der Waals surface area contributed by atoms with Crippen LogP contribution in [0.15, 0.2) is 41.9 Å². The summed E-state index contributed by atoms with van der Waals surface area (Å²) < 4.78 is 5.18. The summed E-state index contributed by atoms with van der Waals surface area (Å²) in [4.78, 5) is 21.7. The van der Waals surface area contributed by atoms with E-state index in [9.17, 15) is 9.90 Å². The van der Waals surface area contributed by atoms with E-state index in [1.165, 1.54) is 11.3 Å². The van der Waals surface area contributed by atoms with Gasteiger partial charge in [-0.1, -0.05) is 29.3 Å². The van der Waals surface area contributed by atoms with Crippen LogP contribution in [0.2, 0.25) is 10.0 Å². The zero-order valence-corrected chi connectivity index (χ0v) is 18.9. The number of rotatable bonds is 6. The number of carbonyl (C=O) groups is 1. The third-order valence-corrected chi connectivity index (χ3v) is 6.47. The molecule has 0 fully saturated rings. The third-order valence-electron chi connectivity index (χ3n) is 4.86. The van der Waals surface area contributed by atoms with Gasteiger partial charge in [-0.3, -0.25) is 0 Å². The van der Waals surface area contributed by atoms with Gasteiger partial charge in [-0.2, -0.15) is 0 Å². The second-order valence-electron chi connectivity index (χ2n) is 6.79. The average molecular weight is 474 g/mol. The van der Waals surface area contributed by atoms with E-state index >= 15 is 0 Å². The SMILES string of the molecule is COc1ccc(CNc2cc(-c3ncc4ccsc4n3)c(C(=O)O)c(C)c2Cl)cc1Cl. The van der Waals surface area contributed by atoms with Gasteiger partial charge in [0.15, 0.2) is 5.82 Å². The van der Waals surface area contributed by atoms with Crippen molar-refractivity contribution >= 4 is 56.4 Å². The van der Waals surface area contributed by atoms with E-state index in [1.807, 2.05) is 17.5 Å². The summed E-state index contributed by atoms with van der Waals surface area (Å²) in [6.07, 6.45) is 1.69. The van der Waals surface area contributed by atoms with Crippen LogP contribution in [-0.4, -0.2) is 28.2 Å². The van der Waals surface area contributed by atoms with Crippen LogP contribution in [-0.2, 0) is 6.54 Å². The van der Waals surface area contributed by atoms with Gasteiger partial charge < -0.3 is 15.2 Å². The van der Waals surface area contributed by atoms with Gasteiger partial charge in [0.1, 0.15) is 10.6 Å². The van der Waals surface area contributed by atoms with Crippen LogP contribution in [0.5, 0.6) is 5.75 Å². The number of halogens is 2. The van der Waals surface area contributed by atoms with Crippen molar-refractivity contribution in [2.24, 2.45) is 0 Å². The first-order valence-electron chi connectivity index (χ1n) is 9.22. The van der Waals surface area contributed by atoms with Crippen molar-refractivity contribution in [2.75, 3.05) is 12.4 Å². The molecule has 2 N–H and O–H groups in total. The molecule has 9 heteroatoms. The van der Waals surface area contributed by atoms with E-state index < -0.39 is 5.97 Å². The van der Waals surface area contributed by atoms with E-state index in [1.54, 1.807) is 38.4 Å². The molecule has 0 bridgehead atoms. The number of aromatic nitrogens is 2. The molecule has 2 heterocycles. The second-order valence-corrected chi connectivity index (χ2v) is 8.47. The molecule has 0 aliphatic heterocycles. The summed E-state index contributed by atoms with van der Waals surface area (Å²) in [6, 6.07) is 9.07. The molecular weight excluding hydrogens is 457 g/mol. The Morgan fingerprint density at radius 2 is 2.06 bits per heavy atom. The minimum atomic E-state index is -1.09. The maximum Gasteiger partial charge on any atom is 0.336 e. The fourth-order valence-electron chi connectivity index (χ4n) is 3.28. The molecule has 0 aliphatic carbocycles. The number of carboxylic acids is 1. The van der Waals surface area contributed by atoms with E-state index in [0.717, 1.165) is 15.8 Å². The molecular formula is C22H17Cl2N3O3S. The molecule has 0 spiro atoms. The number of methoxy groups -OCH3 is 1. The van der Waals surface area contributed by atoms with Crippen molar-refractivity contribution in [2.45, 2.75) is 13.5 Å². The maximum absolute atomic E-state index is 12.0. The van der Waals surface area contributed by atoms with E-state index in [2.05, 4.69) is 15.3 Å². The summed E-state index contributed by atoms with van der Waals surface area (Å²) >= 11 is 14.2.